The van der Waals surface area contributed by atoms with E-state index in [1.165, 1.54) is 0 Å². The molecular weight excluding hydrogens is 416 g/mol. The van der Waals surface area contributed by atoms with E-state index >= 15 is 0 Å². The van der Waals surface area contributed by atoms with Crippen LogP contribution in [0.5, 0.6) is 0 Å². The van der Waals surface area contributed by atoms with Crippen LogP contribution in [-0.2, 0) is 10.0 Å². The van der Waals surface area contributed by atoms with Crippen molar-refractivity contribution in [2.45, 2.75) is 38.0 Å². The third-order valence-corrected chi connectivity index (χ3v) is 7.92. The van der Waals surface area contributed by atoms with Crippen molar-refractivity contribution in [3.8, 4) is 0 Å². The van der Waals surface area contributed by atoms with Gasteiger partial charge in [-0.1, -0.05) is 23.7 Å². The van der Waals surface area contributed by atoms with E-state index < -0.39 is 10.0 Å². The smallest absolute Gasteiger partial charge is 0.213 e. The summed E-state index contributed by atoms with van der Waals surface area (Å²) in [4.78, 5) is 4.77. The van der Waals surface area contributed by atoms with Gasteiger partial charge in [0, 0.05) is 35.9 Å². The fraction of sp³-hybridized carbons (Fsp3) is 0.632. The van der Waals surface area contributed by atoms with Gasteiger partial charge in [-0.05, 0) is 50.6 Å². The van der Waals surface area contributed by atoms with Crippen LogP contribution in [0, 0.1) is 0 Å². The quantitative estimate of drug-likeness (QED) is 0.474. The molecule has 1 aliphatic heterocycles. The Morgan fingerprint density at radius 1 is 1.36 bits per heavy atom. The van der Waals surface area contributed by atoms with E-state index in [0.717, 1.165) is 35.9 Å². The van der Waals surface area contributed by atoms with Crippen molar-refractivity contribution < 1.29 is 8.42 Å². The van der Waals surface area contributed by atoms with Crippen LogP contribution in [0.1, 0.15) is 37.5 Å². The minimum absolute atomic E-state index is 0.161. The molecule has 2 rings (SSSR count). The highest BCUT2D eigenvalue weighted by molar-refractivity contribution is 7.98. The number of benzene rings is 1. The summed E-state index contributed by atoms with van der Waals surface area (Å²) in [7, 11) is -3.10. The second-order valence-electron chi connectivity index (χ2n) is 6.72. The van der Waals surface area contributed by atoms with Crippen molar-refractivity contribution in [2.24, 2.45) is 4.99 Å². The van der Waals surface area contributed by atoms with Crippen LogP contribution in [0.2, 0.25) is 5.02 Å². The summed E-state index contributed by atoms with van der Waals surface area (Å²) >= 11 is 7.87. The molecule has 0 bridgehead atoms. The summed E-state index contributed by atoms with van der Waals surface area (Å²) in [5.41, 5.74) is 1.16. The molecule has 1 saturated heterocycles. The minimum Gasteiger partial charge on any atom is -0.357 e. The lowest BCUT2D eigenvalue weighted by atomic mass is 10.1. The average Bonchev–Trinajstić information content (AvgIpc) is 2.69. The standard InChI is InChI=1S/C19H31ClN4O2S2/c1-4-21-19(22-14-18(27-3)15-7-6-8-16(20)13-15)23-17-9-11-24(12-10-17)28(25,26)5-2/h6-8,13,17-18H,4-5,9-12,14H2,1-3H3,(H2,21,22,23). The predicted molar refractivity (Wildman–Crippen MR) is 121 cm³/mol. The Morgan fingerprint density at radius 3 is 2.64 bits per heavy atom. The van der Waals surface area contributed by atoms with E-state index in [2.05, 4.69) is 23.0 Å². The highest BCUT2D eigenvalue weighted by Crippen LogP contribution is 2.28. The van der Waals surface area contributed by atoms with Gasteiger partial charge in [-0.2, -0.15) is 11.8 Å². The normalized spacial score (nSPS) is 18.1. The Morgan fingerprint density at radius 2 is 2.07 bits per heavy atom. The van der Waals surface area contributed by atoms with E-state index in [4.69, 9.17) is 16.6 Å². The number of nitrogens with one attached hydrogen (secondary N) is 2. The highest BCUT2D eigenvalue weighted by Gasteiger charge is 2.27. The van der Waals surface area contributed by atoms with Crippen molar-refractivity contribution in [3.63, 3.8) is 0 Å². The summed E-state index contributed by atoms with van der Waals surface area (Å²) in [5.74, 6) is 0.940. The molecule has 0 spiro atoms. The Kier molecular flexibility index (Phi) is 9.40. The Hall–Kier alpha value is -0.960. The molecule has 1 fully saturated rings. The van der Waals surface area contributed by atoms with Gasteiger partial charge in [0.15, 0.2) is 5.96 Å². The summed E-state index contributed by atoms with van der Waals surface area (Å²) in [6.45, 7) is 6.26. The molecule has 1 heterocycles. The first-order valence-corrected chi connectivity index (χ1v) is 13.0. The fourth-order valence-corrected chi connectivity index (χ4v) is 5.14. The van der Waals surface area contributed by atoms with Crippen LogP contribution in [-0.4, -0.2) is 62.9 Å². The summed E-state index contributed by atoms with van der Waals surface area (Å²) in [6.07, 6.45) is 3.64. The van der Waals surface area contributed by atoms with Crippen molar-refractivity contribution in [1.82, 2.24) is 14.9 Å². The van der Waals surface area contributed by atoms with Gasteiger partial charge in [0.25, 0.3) is 0 Å². The van der Waals surface area contributed by atoms with Crippen LogP contribution in [0.4, 0.5) is 0 Å². The zero-order valence-corrected chi connectivity index (χ0v) is 19.2. The molecule has 9 heteroatoms. The molecule has 1 aliphatic rings. The second-order valence-corrected chi connectivity index (χ2v) is 10.5. The van der Waals surface area contributed by atoms with Crippen molar-refractivity contribution in [3.05, 3.63) is 34.9 Å². The van der Waals surface area contributed by atoms with E-state index in [-0.39, 0.29) is 17.0 Å². The molecule has 1 unspecified atom stereocenters. The van der Waals surface area contributed by atoms with Gasteiger partial charge in [0.1, 0.15) is 0 Å². The number of halogens is 1. The van der Waals surface area contributed by atoms with Crippen LogP contribution in [0.3, 0.4) is 0 Å². The first kappa shape index (κ1) is 23.3. The molecule has 158 valence electrons. The van der Waals surface area contributed by atoms with Crippen LogP contribution >= 0.6 is 23.4 Å². The van der Waals surface area contributed by atoms with Crippen LogP contribution < -0.4 is 10.6 Å². The topological polar surface area (TPSA) is 73.8 Å². The van der Waals surface area contributed by atoms with E-state index in [9.17, 15) is 8.42 Å². The van der Waals surface area contributed by atoms with Crippen molar-refractivity contribution in [1.29, 1.82) is 0 Å². The number of sulfonamides is 1. The molecule has 1 aromatic carbocycles. The maximum atomic E-state index is 12.0. The van der Waals surface area contributed by atoms with E-state index in [0.29, 0.717) is 19.6 Å². The van der Waals surface area contributed by atoms with Gasteiger partial charge in [0.2, 0.25) is 10.0 Å². The number of piperidine rings is 1. The number of aliphatic imine (C=N–C) groups is 1. The lowest BCUT2D eigenvalue weighted by Crippen LogP contribution is -2.50. The fourth-order valence-electron chi connectivity index (χ4n) is 3.17. The first-order chi connectivity index (χ1) is 13.4. The van der Waals surface area contributed by atoms with Gasteiger partial charge in [-0.15, -0.1) is 0 Å². The summed E-state index contributed by atoms with van der Waals surface area (Å²) in [5, 5.41) is 7.73. The molecular formula is C19H31ClN4O2S2. The van der Waals surface area contributed by atoms with Gasteiger partial charge in [-0.3, -0.25) is 4.99 Å². The zero-order valence-electron chi connectivity index (χ0n) is 16.8. The molecule has 2 N–H and O–H groups in total. The molecule has 28 heavy (non-hydrogen) atoms. The van der Waals surface area contributed by atoms with Crippen LogP contribution in [0.15, 0.2) is 29.3 Å². The van der Waals surface area contributed by atoms with Crippen molar-refractivity contribution in [2.75, 3.05) is 38.2 Å². The number of hydrogen-bond donors (Lipinski definition) is 2. The maximum absolute atomic E-state index is 12.0. The van der Waals surface area contributed by atoms with E-state index in [1.807, 2.05) is 25.1 Å². The molecule has 6 nitrogen and oxygen atoms in total. The largest absolute Gasteiger partial charge is 0.357 e. The lowest BCUT2D eigenvalue weighted by molar-refractivity contribution is 0.306. The highest BCUT2D eigenvalue weighted by atomic mass is 35.5. The third-order valence-electron chi connectivity index (χ3n) is 4.82. The van der Waals surface area contributed by atoms with Crippen molar-refractivity contribution >= 4 is 39.3 Å². The van der Waals surface area contributed by atoms with E-state index in [1.54, 1.807) is 23.0 Å². The maximum Gasteiger partial charge on any atom is 0.213 e. The monoisotopic (exact) mass is 446 g/mol. The number of hydrogen-bond acceptors (Lipinski definition) is 4. The minimum atomic E-state index is -3.10. The van der Waals surface area contributed by atoms with Gasteiger partial charge in [-0.25, -0.2) is 12.7 Å². The first-order valence-electron chi connectivity index (χ1n) is 9.70. The molecule has 1 aromatic rings. The Bertz CT molecular complexity index is 750. The lowest BCUT2D eigenvalue weighted by Gasteiger charge is -2.32. The summed E-state index contributed by atoms with van der Waals surface area (Å²) in [6, 6.07) is 8.13. The number of nitrogens with zero attached hydrogens (tertiary/aromatic N) is 2. The molecule has 0 radical (unpaired) electrons. The average molecular weight is 447 g/mol. The molecule has 0 aliphatic carbocycles. The zero-order chi connectivity index (χ0) is 20.6. The summed E-state index contributed by atoms with van der Waals surface area (Å²) < 4.78 is 25.6. The van der Waals surface area contributed by atoms with Crippen LogP contribution in [0.25, 0.3) is 0 Å². The molecule has 0 saturated carbocycles. The van der Waals surface area contributed by atoms with Gasteiger partial charge >= 0.3 is 0 Å². The molecule has 0 amide bonds. The van der Waals surface area contributed by atoms with Gasteiger partial charge < -0.3 is 10.6 Å². The Balaban J connectivity index is 1.97. The SMILES string of the molecule is CCNC(=NCC(SC)c1cccc(Cl)c1)NC1CCN(S(=O)(=O)CC)CC1. The van der Waals surface area contributed by atoms with Gasteiger partial charge in [0.05, 0.1) is 12.3 Å². The predicted octanol–water partition coefficient (Wildman–Crippen LogP) is 3.11. The number of guanidine groups is 1. The Labute approximate surface area is 178 Å². The third kappa shape index (κ3) is 6.83. The number of rotatable bonds is 8. The second kappa shape index (κ2) is 11.3. The molecule has 0 aromatic heterocycles. The number of thioether (sulfide) groups is 1. The molecule has 1 atom stereocenters.